The van der Waals surface area contributed by atoms with E-state index in [-0.39, 0.29) is 0 Å². The minimum Gasteiger partial charge on any atom is -0.316 e. The van der Waals surface area contributed by atoms with Crippen LogP contribution in [0.15, 0.2) is 65.7 Å². The van der Waals surface area contributed by atoms with Gasteiger partial charge in [0.1, 0.15) is 0 Å². The third-order valence-electron chi connectivity index (χ3n) is 3.45. The van der Waals surface area contributed by atoms with E-state index in [0.29, 0.717) is 17.0 Å². The lowest BCUT2D eigenvalue weighted by Crippen LogP contribution is -2.11. The molecule has 0 amide bonds. The van der Waals surface area contributed by atoms with Crippen molar-refractivity contribution in [3.05, 3.63) is 66.4 Å². The Balaban J connectivity index is 2.20. The Labute approximate surface area is 124 Å². The SMILES string of the molecule is CNCc1cccc2c1ccn2S(=O)(=O)c1ccccc1. The van der Waals surface area contributed by atoms with E-state index >= 15 is 0 Å². The van der Waals surface area contributed by atoms with Gasteiger partial charge in [0.25, 0.3) is 10.0 Å². The third kappa shape index (κ3) is 2.34. The summed E-state index contributed by atoms with van der Waals surface area (Å²) in [7, 11) is -1.69. The lowest BCUT2D eigenvalue weighted by atomic mass is 10.1. The molecule has 0 fully saturated rings. The molecular formula is C16H16N2O2S. The maximum Gasteiger partial charge on any atom is 0.268 e. The van der Waals surface area contributed by atoms with Crippen LogP contribution in [0.2, 0.25) is 0 Å². The fourth-order valence-electron chi connectivity index (χ4n) is 2.47. The van der Waals surface area contributed by atoms with Crippen molar-refractivity contribution >= 4 is 20.9 Å². The molecule has 1 aromatic heterocycles. The smallest absolute Gasteiger partial charge is 0.268 e. The van der Waals surface area contributed by atoms with Crippen LogP contribution in [-0.2, 0) is 16.6 Å². The number of hydrogen-bond donors (Lipinski definition) is 1. The summed E-state index contributed by atoms with van der Waals surface area (Å²) >= 11 is 0. The van der Waals surface area contributed by atoms with Gasteiger partial charge >= 0.3 is 0 Å². The molecular weight excluding hydrogens is 284 g/mol. The van der Waals surface area contributed by atoms with Crippen LogP contribution in [0.5, 0.6) is 0 Å². The number of hydrogen-bond acceptors (Lipinski definition) is 3. The van der Waals surface area contributed by atoms with Crippen LogP contribution in [0.4, 0.5) is 0 Å². The summed E-state index contributed by atoms with van der Waals surface area (Å²) in [5.41, 5.74) is 1.78. The van der Waals surface area contributed by atoms with Crippen LogP contribution in [0, 0.1) is 0 Å². The van der Waals surface area contributed by atoms with Gasteiger partial charge in [-0.15, -0.1) is 0 Å². The molecule has 0 atom stereocenters. The number of fused-ring (bicyclic) bond motifs is 1. The highest BCUT2D eigenvalue weighted by Gasteiger charge is 2.18. The molecule has 0 saturated heterocycles. The largest absolute Gasteiger partial charge is 0.316 e. The van der Waals surface area contributed by atoms with Crippen molar-refractivity contribution in [1.29, 1.82) is 0 Å². The number of aromatic nitrogens is 1. The van der Waals surface area contributed by atoms with Crippen molar-refractivity contribution in [2.75, 3.05) is 7.05 Å². The van der Waals surface area contributed by atoms with E-state index in [2.05, 4.69) is 5.32 Å². The zero-order chi connectivity index (χ0) is 14.9. The van der Waals surface area contributed by atoms with Gasteiger partial charge in [-0.05, 0) is 36.9 Å². The molecule has 21 heavy (non-hydrogen) atoms. The van der Waals surface area contributed by atoms with Crippen LogP contribution in [0.25, 0.3) is 10.9 Å². The Bertz CT molecular complexity index is 868. The topological polar surface area (TPSA) is 51.1 Å². The fraction of sp³-hybridized carbons (Fsp3) is 0.125. The second kappa shape index (κ2) is 5.35. The average molecular weight is 300 g/mol. The second-order valence-electron chi connectivity index (χ2n) is 4.81. The van der Waals surface area contributed by atoms with Gasteiger partial charge in [-0.1, -0.05) is 30.3 Å². The molecule has 5 heteroatoms. The Morgan fingerprint density at radius 2 is 1.76 bits per heavy atom. The lowest BCUT2D eigenvalue weighted by Gasteiger charge is -2.08. The van der Waals surface area contributed by atoms with E-state index in [1.54, 1.807) is 36.5 Å². The van der Waals surface area contributed by atoms with Gasteiger partial charge < -0.3 is 5.32 Å². The molecule has 0 unspecified atom stereocenters. The van der Waals surface area contributed by atoms with Crippen LogP contribution < -0.4 is 5.32 Å². The standard InChI is InChI=1S/C16H16N2O2S/c1-17-12-13-6-5-9-16-15(13)10-11-18(16)21(19,20)14-7-3-2-4-8-14/h2-11,17H,12H2,1H3. The molecule has 1 N–H and O–H groups in total. The highest BCUT2D eigenvalue weighted by Crippen LogP contribution is 2.24. The summed E-state index contributed by atoms with van der Waals surface area (Å²) in [6.07, 6.45) is 1.62. The summed E-state index contributed by atoms with van der Waals surface area (Å²) in [6, 6.07) is 16.0. The highest BCUT2D eigenvalue weighted by atomic mass is 32.2. The minimum atomic E-state index is -3.56. The van der Waals surface area contributed by atoms with Crippen LogP contribution in [-0.4, -0.2) is 19.4 Å². The number of nitrogens with one attached hydrogen (secondary N) is 1. The lowest BCUT2D eigenvalue weighted by molar-refractivity contribution is 0.589. The van der Waals surface area contributed by atoms with E-state index in [9.17, 15) is 8.42 Å². The normalized spacial score (nSPS) is 11.9. The second-order valence-corrected chi connectivity index (χ2v) is 6.62. The van der Waals surface area contributed by atoms with E-state index < -0.39 is 10.0 Å². The monoisotopic (exact) mass is 300 g/mol. The molecule has 0 aliphatic heterocycles. The van der Waals surface area contributed by atoms with Gasteiger partial charge in [-0.2, -0.15) is 0 Å². The molecule has 3 rings (SSSR count). The molecule has 0 aliphatic rings. The van der Waals surface area contributed by atoms with Gasteiger partial charge in [0.2, 0.25) is 0 Å². The van der Waals surface area contributed by atoms with E-state index in [1.165, 1.54) is 3.97 Å². The molecule has 3 aromatic rings. The first kappa shape index (κ1) is 13.9. The summed E-state index contributed by atoms with van der Waals surface area (Å²) in [6.45, 7) is 0.701. The van der Waals surface area contributed by atoms with E-state index in [0.717, 1.165) is 10.9 Å². The van der Waals surface area contributed by atoms with E-state index in [4.69, 9.17) is 0 Å². The molecule has 0 radical (unpaired) electrons. The van der Waals surface area contributed by atoms with Gasteiger partial charge in [0.05, 0.1) is 10.4 Å². The Hall–Kier alpha value is -2.11. The Morgan fingerprint density at radius 1 is 1.00 bits per heavy atom. The molecule has 0 bridgehead atoms. The van der Waals surface area contributed by atoms with Gasteiger partial charge in [0.15, 0.2) is 0 Å². The van der Waals surface area contributed by atoms with Crippen molar-refractivity contribution in [3.63, 3.8) is 0 Å². The van der Waals surface area contributed by atoms with Crippen molar-refractivity contribution in [3.8, 4) is 0 Å². The highest BCUT2D eigenvalue weighted by molar-refractivity contribution is 7.90. The van der Waals surface area contributed by atoms with Gasteiger partial charge in [0, 0.05) is 18.1 Å². The summed E-state index contributed by atoms with van der Waals surface area (Å²) in [5, 5.41) is 4.05. The third-order valence-corrected chi connectivity index (χ3v) is 5.16. The summed E-state index contributed by atoms with van der Waals surface area (Å²) < 4.78 is 26.8. The zero-order valence-electron chi connectivity index (χ0n) is 11.7. The first-order valence-corrected chi connectivity index (χ1v) is 8.13. The number of nitrogens with zero attached hydrogens (tertiary/aromatic N) is 1. The van der Waals surface area contributed by atoms with Crippen molar-refractivity contribution in [2.45, 2.75) is 11.4 Å². The molecule has 1 heterocycles. The predicted molar refractivity (Wildman–Crippen MR) is 83.7 cm³/mol. The summed E-state index contributed by atoms with van der Waals surface area (Å²) in [5.74, 6) is 0. The van der Waals surface area contributed by atoms with Crippen molar-refractivity contribution in [2.24, 2.45) is 0 Å². The quantitative estimate of drug-likeness (QED) is 0.806. The first-order chi connectivity index (χ1) is 10.1. The maximum absolute atomic E-state index is 12.7. The van der Waals surface area contributed by atoms with Crippen LogP contribution in [0.1, 0.15) is 5.56 Å². The molecule has 0 saturated carbocycles. The van der Waals surface area contributed by atoms with Crippen molar-refractivity contribution in [1.82, 2.24) is 9.29 Å². The first-order valence-electron chi connectivity index (χ1n) is 6.69. The molecule has 0 spiro atoms. The fourth-order valence-corrected chi connectivity index (χ4v) is 3.83. The molecule has 2 aromatic carbocycles. The Morgan fingerprint density at radius 3 is 2.48 bits per heavy atom. The van der Waals surface area contributed by atoms with Crippen LogP contribution >= 0.6 is 0 Å². The predicted octanol–water partition coefficient (Wildman–Crippen LogP) is 2.60. The average Bonchev–Trinajstić information content (AvgIpc) is 2.94. The summed E-state index contributed by atoms with van der Waals surface area (Å²) in [4.78, 5) is 0.293. The van der Waals surface area contributed by atoms with Gasteiger partial charge in [-0.25, -0.2) is 12.4 Å². The van der Waals surface area contributed by atoms with Crippen LogP contribution in [0.3, 0.4) is 0 Å². The Kier molecular flexibility index (Phi) is 3.53. The minimum absolute atomic E-state index is 0.293. The molecule has 4 nitrogen and oxygen atoms in total. The van der Waals surface area contributed by atoms with E-state index in [1.807, 2.05) is 31.3 Å². The number of benzene rings is 2. The molecule has 0 aliphatic carbocycles. The van der Waals surface area contributed by atoms with Crippen molar-refractivity contribution < 1.29 is 8.42 Å². The zero-order valence-corrected chi connectivity index (χ0v) is 12.5. The number of rotatable bonds is 4. The molecule has 108 valence electrons. The maximum atomic E-state index is 12.7. The van der Waals surface area contributed by atoms with Gasteiger partial charge in [-0.3, -0.25) is 0 Å².